The fourth-order valence-electron chi connectivity index (χ4n) is 1.04. The lowest BCUT2D eigenvalue weighted by Crippen LogP contribution is -2.27. The molecule has 0 saturated carbocycles. The van der Waals surface area contributed by atoms with Gasteiger partial charge in [0, 0.05) is 31.0 Å². The van der Waals surface area contributed by atoms with Gasteiger partial charge in [-0.05, 0) is 6.07 Å². The van der Waals surface area contributed by atoms with Crippen molar-refractivity contribution in [2.24, 2.45) is 0 Å². The number of hydrogen-bond acceptors (Lipinski definition) is 3. The van der Waals surface area contributed by atoms with Crippen LogP contribution in [-0.4, -0.2) is 25.1 Å². The quantitative estimate of drug-likeness (QED) is 0.766. The van der Waals surface area contributed by atoms with Crippen molar-refractivity contribution in [2.45, 2.75) is 12.8 Å². The summed E-state index contributed by atoms with van der Waals surface area (Å²) in [6, 6.07) is 3.30. The highest BCUT2D eigenvalue weighted by molar-refractivity contribution is 9.10. The summed E-state index contributed by atoms with van der Waals surface area (Å²) in [4.78, 5) is 11.4. The Balaban J connectivity index is 2.81. The predicted octanol–water partition coefficient (Wildman–Crippen LogP) is 1.23. The topological polar surface area (TPSA) is 40.5 Å². The molecule has 0 spiro atoms. The molecule has 78 valence electrons. The van der Waals surface area contributed by atoms with E-state index >= 15 is 0 Å². The summed E-state index contributed by atoms with van der Waals surface area (Å²) >= 11 is 3.22. The minimum Gasteiger partial charge on any atom is -0.354 e. The van der Waals surface area contributed by atoms with E-state index in [0.29, 0.717) is 6.54 Å². The molecular formula is C9H12BrNO3. The molecule has 0 bridgehead atoms. The van der Waals surface area contributed by atoms with Gasteiger partial charge in [0.2, 0.25) is 0 Å². The Kier molecular flexibility index (Phi) is 4.31. The molecular weight excluding hydrogens is 250 g/mol. The lowest BCUT2D eigenvalue weighted by atomic mass is 10.4. The summed E-state index contributed by atoms with van der Waals surface area (Å²) < 4.78 is 12.3. The van der Waals surface area contributed by atoms with E-state index in [2.05, 4.69) is 15.9 Å². The molecule has 4 nitrogen and oxygen atoms in total. The summed E-state index contributed by atoms with van der Waals surface area (Å²) in [5.74, 6) is 0. The van der Waals surface area contributed by atoms with Crippen LogP contribution in [0, 0.1) is 0 Å². The Morgan fingerprint density at radius 3 is 2.64 bits per heavy atom. The number of ether oxygens (including phenoxy) is 2. The first-order chi connectivity index (χ1) is 6.67. The fraction of sp³-hybridized carbons (Fsp3) is 0.444. The second kappa shape index (κ2) is 5.29. The Labute approximate surface area is 90.6 Å². The molecule has 0 fully saturated rings. The third-order valence-corrected chi connectivity index (χ3v) is 2.32. The van der Waals surface area contributed by atoms with Crippen LogP contribution >= 0.6 is 15.9 Å². The maximum atomic E-state index is 11.4. The molecule has 0 aliphatic heterocycles. The van der Waals surface area contributed by atoms with E-state index in [1.165, 1.54) is 24.9 Å². The number of aromatic nitrogens is 1. The normalized spacial score (nSPS) is 10.9. The molecule has 0 atom stereocenters. The van der Waals surface area contributed by atoms with Crippen molar-refractivity contribution < 1.29 is 9.47 Å². The zero-order valence-corrected chi connectivity index (χ0v) is 9.65. The van der Waals surface area contributed by atoms with E-state index in [-0.39, 0.29) is 5.56 Å². The molecule has 0 saturated heterocycles. The zero-order valence-electron chi connectivity index (χ0n) is 8.07. The highest BCUT2D eigenvalue weighted by Gasteiger charge is 2.06. The Morgan fingerprint density at radius 2 is 2.14 bits per heavy atom. The molecule has 0 aromatic carbocycles. The molecule has 5 heteroatoms. The van der Waals surface area contributed by atoms with Crippen molar-refractivity contribution in [1.82, 2.24) is 4.57 Å². The lowest BCUT2D eigenvalue weighted by molar-refractivity contribution is -0.111. The molecule has 0 N–H and O–H groups in total. The van der Waals surface area contributed by atoms with Gasteiger partial charge in [-0.2, -0.15) is 0 Å². The van der Waals surface area contributed by atoms with Gasteiger partial charge in [-0.3, -0.25) is 4.79 Å². The third-order valence-electron chi connectivity index (χ3n) is 1.83. The van der Waals surface area contributed by atoms with Gasteiger partial charge in [-0.1, -0.05) is 15.9 Å². The maximum Gasteiger partial charge on any atom is 0.251 e. The SMILES string of the molecule is COC(Cn1ccc(Br)cc1=O)OC. The van der Waals surface area contributed by atoms with E-state index in [1.54, 1.807) is 12.3 Å². The van der Waals surface area contributed by atoms with Gasteiger partial charge in [0.05, 0.1) is 6.54 Å². The monoisotopic (exact) mass is 261 g/mol. The minimum atomic E-state index is -0.395. The molecule has 0 radical (unpaired) electrons. The third kappa shape index (κ3) is 2.94. The van der Waals surface area contributed by atoms with Crippen LogP contribution < -0.4 is 5.56 Å². The van der Waals surface area contributed by atoms with Gasteiger partial charge in [-0.25, -0.2) is 0 Å². The van der Waals surface area contributed by atoms with Crippen molar-refractivity contribution in [2.75, 3.05) is 14.2 Å². The second-order valence-electron chi connectivity index (χ2n) is 2.74. The van der Waals surface area contributed by atoms with Gasteiger partial charge in [0.15, 0.2) is 6.29 Å². The first kappa shape index (κ1) is 11.4. The second-order valence-corrected chi connectivity index (χ2v) is 3.65. The molecule has 0 amide bonds. The number of halogens is 1. The van der Waals surface area contributed by atoms with Gasteiger partial charge in [-0.15, -0.1) is 0 Å². The van der Waals surface area contributed by atoms with Crippen LogP contribution in [-0.2, 0) is 16.0 Å². The lowest BCUT2D eigenvalue weighted by Gasteiger charge is -2.14. The maximum absolute atomic E-state index is 11.4. The predicted molar refractivity (Wildman–Crippen MR) is 56.2 cm³/mol. The van der Waals surface area contributed by atoms with E-state index < -0.39 is 6.29 Å². The molecule has 1 aromatic heterocycles. The molecule has 1 rings (SSSR count). The molecule has 1 aromatic rings. The van der Waals surface area contributed by atoms with Crippen LogP contribution in [0.4, 0.5) is 0 Å². The average Bonchev–Trinajstić information content (AvgIpc) is 2.17. The van der Waals surface area contributed by atoms with Crippen LogP contribution in [0.1, 0.15) is 0 Å². The Morgan fingerprint density at radius 1 is 1.50 bits per heavy atom. The first-order valence-electron chi connectivity index (χ1n) is 4.09. The van der Waals surface area contributed by atoms with Crippen LogP contribution in [0.25, 0.3) is 0 Å². The standard InChI is InChI=1S/C9H12BrNO3/c1-13-9(14-2)6-11-4-3-7(10)5-8(11)12/h3-5,9H,6H2,1-2H3. The summed E-state index contributed by atoms with van der Waals surface area (Å²) in [5.41, 5.74) is -0.0847. The number of nitrogens with zero attached hydrogens (tertiary/aromatic N) is 1. The number of hydrogen-bond donors (Lipinski definition) is 0. The highest BCUT2D eigenvalue weighted by atomic mass is 79.9. The summed E-state index contributed by atoms with van der Waals surface area (Å²) in [6.07, 6.45) is 1.30. The Bertz CT molecular complexity index is 346. The average molecular weight is 262 g/mol. The first-order valence-corrected chi connectivity index (χ1v) is 4.88. The fourth-order valence-corrected chi connectivity index (χ4v) is 1.35. The molecule has 1 heterocycles. The van der Waals surface area contributed by atoms with E-state index in [9.17, 15) is 4.79 Å². The number of methoxy groups -OCH3 is 2. The zero-order chi connectivity index (χ0) is 10.6. The van der Waals surface area contributed by atoms with Crippen molar-refractivity contribution in [1.29, 1.82) is 0 Å². The minimum absolute atomic E-state index is 0.0847. The van der Waals surface area contributed by atoms with E-state index in [1.807, 2.05) is 0 Å². The van der Waals surface area contributed by atoms with Crippen molar-refractivity contribution in [3.63, 3.8) is 0 Å². The summed E-state index contributed by atoms with van der Waals surface area (Å²) in [7, 11) is 3.08. The van der Waals surface area contributed by atoms with Gasteiger partial charge < -0.3 is 14.0 Å². The highest BCUT2D eigenvalue weighted by Crippen LogP contribution is 2.04. The number of pyridine rings is 1. The van der Waals surface area contributed by atoms with Crippen LogP contribution in [0.2, 0.25) is 0 Å². The van der Waals surface area contributed by atoms with Gasteiger partial charge >= 0.3 is 0 Å². The van der Waals surface area contributed by atoms with Crippen LogP contribution in [0.3, 0.4) is 0 Å². The largest absolute Gasteiger partial charge is 0.354 e. The van der Waals surface area contributed by atoms with Crippen LogP contribution in [0.15, 0.2) is 27.6 Å². The van der Waals surface area contributed by atoms with Gasteiger partial charge in [0.25, 0.3) is 5.56 Å². The molecule has 0 aliphatic rings. The molecule has 0 aliphatic carbocycles. The number of rotatable bonds is 4. The van der Waals surface area contributed by atoms with E-state index in [4.69, 9.17) is 9.47 Å². The smallest absolute Gasteiger partial charge is 0.251 e. The Hall–Kier alpha value is -0.650. The van der Waals surface area contributed by atoms with Crippen molar-refractivity contribution in [3.05, 3.63) is 33.2 Å². The summed E-state index contributed by atoms with van der Waals surface area (Å²) in [5, 5.41) is 0. The van der Waals surface area contributed by atoms with Crippen molar-refractivity contribution >= 4 is 15.9 Å². The van der Waals surface area contributed by atoms with Crippen molar-refractivity contribution in [3.8, 4) is 0 Å². The molecule has 0 unspecified atom stereocenters. The molecule has 14 heavy (non-hydrogen) atoms. The van der Waals surface area contributed by atoms with Crippen LogP contribution in [0.5, 0.6) is 0 Å². The van der Waals surface area contributed by atoms with Gasteiger partial charge in [0.1, 0.15) is 0 Å². The van der Waals surface area contributed by atoms with E-state index in [0.717, 1.165) is 4.47 Å². The summed E-state index contributed by atoms with van der Waals surface area (Å²) in [6.45, 7) is 0.388.